The van der Waals surface area contributed by atoms with Gasteiger partial charge in [-0.1, -0.05) is 58.9 Å². The Kier molecular flexibility index (Phi) is 8.92. The van der Waals surface area contributed by atoms with Gasteiger partial charge in [-0.15, -0.1) is 0 Å². The number of alkyl halides is 1. The fraction of sp³-hybridized carbons (Fsp3) is 0.837. The Bertz CT molecular complexity index is 1370. The van der Waals surface area contributed by atoms with Crippen molar-refractivity contribution in [1.29, 1.82) is 0 Å². The zero-order valence-electron chi connectivity index (χ0n) is 31.9. The number of halogens is 1. The highest BCUT2D eigenvalue weighted by molar-refractivity contribution is 5.76. The Morgan fingerprint density at radius 2 is 1.69 bits per heavy atom. The summed E-state index contributed by atoms with van der Waals surface area (Å²) in [5, 5.41) is 24.6. The molecule has 6 aliphatic rings. The average molecular weight is 666 g/mol. The van der Waals surface area contributed by atoms with Crippen molar-refractivity contribution in [1.82, 2.24) is 5.32 Å². The zero-order chi connectivity index (χ0) is 35.3. The highest BCUT2D eigenvalue weighted by Crippen LogP contribution is 2.76. The third-order valence-corrected chi connectivity index (χ3v) is 16.9. The molecular formula is C43H68FNO3. The molecule has 0 heterocycles. The van der Waals surface area contributed by atoms with Crippen LogP contribution in [-0.2, 0) is 4.79 Å². The van der Waals surface area contributed by atoms with E-state index < -0.39 is 23.2 Å². The molecule has 5 heteroatoms. The molecule has 11 unspecified atom stereocenters. The molecule has 4 saturated carbocycles. The normalized spacial score (nSPS) is 45.9. The van der Waals surface area contributed by atoms with Crippen LogP contribution in [0.2, 0.25) is 0 Å². The van der Waals surface area contributed by atoms with Gasteiger partial charge in [-0.3, -0.25) is 4.79 Å². The second-order valence-corrected chi connectivity index (χ2v) is 19.9. The SMILES string of the molecule is C=C(C)C1CCC2(NCCC(C)(C)O)CCC3(C)C(CCC4C5(C)CC=C(C6=CCC(C(=O)O)(C(C)F)CC6)C(C)(C)C5CCC43C)C12. The van der Waals surface area contributed by atoms with Gasteiger partial charge in [0, 0.05) is 5.54 Å². The van der Waals surface area contributed by atoms with Crippen molar-refractivity contribution in [3.63, 3.8) is 0 Å². The summed E-state index contributed by atoms with van der Waals surface area (Å²) in [7, 11) is 0. The van der Waals surface area contributed by atoms with Crippen molar-refractivity contribution in [2.45, 2.75) is 163 Å². The van der Waals surface area contributed by atoms with Crippen LogP contribution in [0.25, 0.3) is 0 Å². The molecule has 0 spiro atoms. The quantitative estimate of drug-likeness (QED) is 0.226. The summed E-state index contributed by atoms with van der Waals surface area (Å²) in [5.41, 5.74) is 3.01. The summed E-state index contributed by atoms with van der Waals surface area (Å²) in [6.07, 6.45) is 16.5. The number of rotatable bonds is 8. The molecule has 4 fully saturated rings. The van der Waals surface area contributed by atoms with E-state index in [1.165, 1.54) is 75.0 Å². The molecule has 0 bridgehead atoms. The summed E-state index contributed by atoms with van der Waals surface area (Å²) < 4.78 is 14.6. The summed E-state index contributed by atoms with van der Waals surface area (Å²) >= 11 is 0. The molecule has 0 aromatic heterocycles. The molecule has 48 heavy (non-hydrogen) atoms. The van der Waals surface area contributed by atoms with Gasteiger partial charge < -0.3 is 15.5 Å². The van der Waals surface area contributed by atoms with Crippen molar-refractivity contribution in [3.05, 3.63) is 35.5 Å². The number of hydrogen-bond donors (Lipinski definition) is 3. The Morgan fingerprint density at radius 1 is 0.979 bits per heavy atom. The molecule has 0 saturated heterocycles. The van der Waals surface area contributed by atoms with Gasteiger partial charge in [-0.2, -0.15) is 0 Å². The first-order valence-electron chi connectivity index (χ1n) is 19.6. The molecule has 6 rings (SSSR count). The first-order valence-corrected chi connectivity index (χ1v) is 19.6. The molecule has 6 aliphatic carbocycles. The number of nitrogens with one attached hydrogen (secondary N) is 1. The van der Waals surface area contributed by atoms with E-state index in [1.54, 1.807) is 0 Å². The zero-order valence-corrected chi connectivity index (χ0v) is 31.9. The van der Waals surface area contributed by atoms with Gasteiger partial charge in [-0.05, 0) is 180 Å². The topological polar surface area (TPSA) is 69.6 Å². The third kappa shape index (κ3) is 5.19. The first kappa shape index (κ1) is 36.3. The molecule has 270 valence electrons. The second kappa shape index (κ2) is 11.8. The van der Waals surface area contributed by atoms with Crippen molar-refractivity contribution in [3.8, 4) is 0 Å². The minimum absolute atomic E-state index is 0.00884. The highest BCUT2D eigenvalue weighted by Gasteiger charge is 2.70. The average Bonchev–Trinajstić information content (AvgIpc) is 3.36. The lowest BCUT2D eigenvalue weighted by Crippen LogP contribution is -2.68. The van der Waals surface area contributed by atoms with Crippen molar-refractivity contribution in [2.24, 2.45) is 56.7 Å². The maximum atomic E-state index is 14.6. The van der Waals surface area contributed by atoms with Crippen LogP contribution < -0.4 is 5.32 Å². The Labute approximate surface area is 291 Å². The number of aliphatic carboxylic acids is 1. The summed E-state index contributed by atoms with van der Waals surface area (Å²) in [6, 6.07) is 0. The molecule has 0 aromatic rings. The third-order valence-electron chi connectivity index (χ3n) is 16.9. The number of fused-ring (bicyclic) bond motifs is 7. The van der Waals surface area contributed by atoms with E-state index in [4.69, 9.17) is 0 Å². The summed E-state index contributed by atoms with van der Waals surface area (Å²) in [4.78, 5) is 12.2. The largest absolute Gasteiger partial charge is 0.481 e. The number of carboxylic acids is 1. The Morgan fingerprint density at radius 3 is 2.27 bits per heavy atom. The van der Waals surface area contributed by atoms with Gasteiger partial charge in [0.25, 0.3) is 0 Å². The van der Waals surface area contributed by atoms with Crippen LogP contribution in [0.5, 0.6) is 0 Å². The van der Waals surface area contributed by atoms with E-state index in [9.17, 15) is 19.4 Å². The van der Waals surface area contributed by atoms with E-state index in [0.717, 1.165) is 19.4 Å². The smallest absolute Gasteiger partial charge is 0.312 e. The molecular weight excluding hydrogens is 597 g/mol. The maximum Gasteiger partial charge on any atom is 0.312 e. The Hall–Kier alpha value is -1.46. The van der Waals surface area contributed by atoms with E-state index in [-0.39, 0.29) is 33.6 Å². The molecule has 0 aromatic carbocycles. The van der Waals surface area contributed by atoms with Gasteiger partial charge in [0.2, 0.25) is 0 Å². The number of aliphatic hydroxyl groups is 1. The number of allylic oxidation sites excluding steroid dienone is 5. The van der Waals surface area contributed by atoms with E-state index >= 15 is 0 Å². The predicted octanol–water partition coefficient (Wildman–Crippen LogP) is 10.2. The van der Waals surface area contributed by atoms with Gasteiger partial charge in [-0.25, -0.2) is 4.39 Å². The van der Waals surface area contributed by atoms with Crippen molar-refractivity contribution >= 4 is 5.97 Å². The van der Waals surface area contributed by atoms with Gasteiger partial charge in [0.05, 0.1) is 5.60 Å². The number of carboxylic acid groups (broad SMARTS) is 1. The van der Waals surface area contributed by atoms with E-state index in [0.29, 0.717) is 42.4 Å². The van der Waals surface area contributed by atoms with Crippen LogP contribution in [0.3, 0.4) is 0 Å². The van der Waals surface area contributed by atoms with Crippen molar-refractivity contribution in [2.75, 3.05) is 6.54 Å². The van der Waals surface area contributed by atoms with Crippen LogP contribution in [0, 0.1) is 56.7 Å². The van der Waals surface area contributed by atoms with Crippen LogP contribution in [0.4, 0.5) is 4.39 Å². The van der Waals surface area contributed by atoms with Gasteiger partial charge in [0.1, 0.15) is 11.6 Å². The van der Waals surface area contributed by atoms with Gasteiger partial charge >= 0.3 is 5.97 Å². The Balaban J connectivity index is 1.30. The summed E-state index contributed by atoms with van der Waals surface area (Å²) in [5.74, 6) is 2.08. The van der Waals surface area contributed by atoms with Crippen LogP contribution >= 0.6 is 0 Å². The molecule has 4 nitrogen and oxygen atoms in total. The molecule has 0 radical (unpaired) electrons. The van der Waals surface area contributed by atoms with Crippen LogP contribution in [0.15, 0.2) is 35.5 Å². The lowest BCUT2D eigenvalue weighted by atomic mass is 9.33. The fourth-order valence-electron chi connectivity index (χ4n) is 14.1. The van der Waals surface area contributed by atoms with Crippen LogP contribution in [0.1, 0.15) is 146 Å². The van der Waals surface area contributed by atoms with E-state index in [1.807, 2.05) is 13.8 Å². The minimum Gasteiger partial charge on any atom is -0.481 e. The van der Waals surface area contributed by atoms with Crippen molar-refractivity contribution < 1.29 is 19.4 Å². The number of hydrogen-bond acceptors (Lipinski definition) is 3. The molecule has 0 aliphatic heterocycles. The highest BCUT2D eigenvalue weighted by atomic mass is 19.1. The monoisotopic (exact) mass is 666 g/mol. The molecule has 0 amide bonds. The fourth-order valence-corrected chi connectivity index (χ4v) is 14.1. The summed E-state index contributed by atoms with van der Waals surface area (Å²) in [6.45, 7) is 25.9. The van der Waals surface area contributed by atoms with Gasteiger partial charge in [0.15, 0.2) is 0 Å². The van der Waals surface area contributed by atoms with Crippen LogP contribution in [-0.4, -0.2) is 40.0 Å². The lowest BCUT2D eigenvalue weighted by Gasteiger charge is -2.72. The second-order valence-electron chi connectivity index (χ2n) is 19.9. The standard InChI is InChI=1S/C43H68FNO3/c1-27(2)30-15-22-43(45-26-25-37(4,5)48)24-23-40(9)32(35(30)43)11-12-34-39(8)18-16-31(38(6,7)33(39)17-19-41(34,40)10)29-13-20-42(21-14-29,28(3)44)36(46)47/h13,16,28,30,32-35,45,48H,1,11-12,14-15,17-26H2,2-10H3,(H,46,47). The lowest BCUT2D eigenvalue weighted by molar-refractivity contribution is -0.221. The molecule has 11 atom stereocenters. The molecule has 3 N–H and O–H groups in total. The number of carbonyl (C=O) groups is 1. The maximum absolute atomic E-state index is 14.6. The first-order chi connectivity index (χ1) is 22.2. The minimum atomic E-state index is -1.36. The predicted molar refractivity (Wildman–Crippen MR) is 194 cm³/mol. The van der Waals surface area contributed by atoms with E-state index in [2.05, 4.69) is 65.6 Å².